The third kappa shape index (κ3) is 2.30. The van der Waals surface area contributed by atoms with Gasteiger partial charge >= 0.3 is 0 Å². The van der Waals surface area contributed by atoms with Crippen LogP contribution < -0.4 is 5.32 Å². The van der Waals surface area contributed by atoms with Gasteiger partial charge in [0.25, 0.3) is 0 Å². The van der Waals surface area contributed by atoms with Gasteiger partial charge in [0.1, 0.15) is 5.75 Å². The summed E-state index contributed by atoms with van der Waals surface area (Å²) in [6.45, 7) is 5.52. The van der Waals surface area contributed by atoms with Crippen molar-refractivity contribution in [1.82, 2.24) is 0 Å². The SMILES string of the molecule is Cc1ccc(NC2CCOCC2)c(C)c1O. The Labute approximate surface area is 96.4 Å². The van der Waals surface area contributed by atoms with Crippen LogP contribution in [0.1, 0.15) is 24.0 Å². The lowest BCUT2D eigenvalue weighted by molar-refractivity contribution is 0.0904. The normalized spacial score (nSPS) is 17.4. The van der Waals surface area contributed by atoms with Crippen LogP contribution in [0.15, 0.2) is 12.1 Å². The van der Waals surface area contributed by atoms with Crippen molar-refractivity contribution in [3.63, 3.8) is 0 Å². The van der Waals surface area contributed by atoms with Crippen molar-refractivity contribution in [2.75, 3.05) is 18.5 Å². The number of hydrogen-bond donors (Lipinski definition) is 2. The van der Waals surface area contributed by atoms with Crippen LogP contribution in [-0.2, 0) is 4.74 Å². The second kappa shape index (κ2) is 4.74. The number of aryl methyl sites for hydroxylation is 1. The number of phenols is 1. The predicted molar refractivity (Wildman–Crippen MR) is 65.0 cm³/mol. The first-order chi connectivity index (χ1) is 7.68. The fourth-order valence-electron chi connectivity index (χ4n) is 2.05. The molecular weight excluding hydrogens is 202 g/mol. The number of ether oxygens (including phenoxy) is 1. The number of hydrogen-bond acceptors (Lipinski definition) is 3. The maximum Gasteiger partial charge on any atom is 0.123 e. The van der Waals surface area contributed by atoms with Crippen molar-refractivity contribution in [3.8, 4) is 5.75 Å². The molecule has 2 N–H and O–H groups in total. The summed E-state index contributed by atoms with van der Waals surface area (Å²) >= 11 is 0. The molecule has 16 heavy (non-hydrogen) atoms. The van der Waals surface area contributed by atoms with Crippen LogP contribution in [0.4, 0.5) is 5.69 Å². The van der Waals surface area contributed by atoms with Crippen molar-refractivity contribution in [1.29, 1.82) is 0 Å². The zero-order valence-corrected chi connectivity index (χ0v) is 9.92. The average Bonchev–Trinajstić information content (AvgIpc) is 2.31. The second-order valence-electron chi connectivity index (χ2n) is 4.43. The molecule has 1 aliphatic rings. The molecule has 0 radical (unpaired) electrons. The molecule has 0 aromatic heterocycles. The van der Waals surface area contributed by atoms with Crippen LogP contribution in [0.25, 0.3) is 0 Å². The Morgan fingerprint density at radius 3 is 2.62 bits per heavy atom. The van der Waals surface area contributed by atoms with Crippen molar-refractivity contribution in [2.24, 2.45) is 0 Å². The van der Waals surface area contributed by atoms with Gasteiger partial charge in [-0.05, 0) is 38.3 Å². The van der Waals surface area contributed by atoms with Crippen LogP contribution in [0.3, 0.4) is 0 Å². The highest BCUT2D eigenvalue weighted by Gasteiger charge is 2.15. The van der Waals surface area contributed by atoms with Gasteiger partial charge in [0.05, 0.1) is 0 Å². The van der Waals surface area contributed by atoms with E-state index in [1.807, 2.05) is 26.0 Å². The molecule has 1 saturated heterocycles. The van der Waals surface area contributed by atoms with E-state index in [9.17, 15) is 5.11 Å². The molecule has 0 atom stereocenters. The average molecular weight is 221 g/mol. The van der Waals surface area contributed by atoms with Gasteiger partial charge in [-0.25, -0.2) is 0 Å². The Kier molecular flexibility index (Phi) is 3.34. The molecule has 1 aromatic rings. The largest absolute Gasteiger partial charge is 0.507 e. The summed E-state index contributed by atoms with van der Waals surface area (Å²) in [5, 5.41) is 13.3. The molecule has 1 aromatic carbocycles. The number of nitrogens with one attached hydrogen (secondary N) is 1. The maximum absolute atomic E-state index is 9.85. The third-order valence-corrected chi connectivity index (χ3v) is 3.21. The Balaban J connectivity index is 2.11. The standard InChI is InChI=1S/C13H19NO2/c1-9-3-4-12(10(2)13(9)15)14-11-5-7-16-8-6-11/h3-4,11,14-15H,5-8H2,1-2H3. The summed E-state index contributed by atoms with van der Waals surface area (Å²) in [5.41, 5.74) is 2.90. The van der Waals surface area contributed by atoms with Crippen molar-refractivity contribution in [3.05, 3.63) is 23.3 Å². The van der Waals surface area contributed by atoms with Gasteiger partial charge < -0.3 is 15.2 Å². The molecule has 0 saturated carbocycles. The van der Waals surface area contributed by atoms with Gasteiger partial charge in [-0.15, -0.1) is 0 Å². The van der Waals surface area contributed by atoms with Crippen molar-refractivity contribution in [2.45, 2.75) is 32.7 Å². The van der Waals surface area contributed by atoms with E-state index in [1.54, 1.807) is 0 Å². The summed E-state index contributed by atoms with van der Waals surface area (Å²) in [5.74, 6) is 0.400. The Morgan fingerprint density at radius 2 is 1.94 bits per heavy atom. The highest BCUT2D eigenvalue weighted by atomic mass is 16.5. The molecule has 0 spiro atoms. The number of rotatable bonds is 2. The molecule has 0 amide bonds. The zero-order chi connectivity index (χ0) is 11.5. The Bertz CT molecular complexity index is 370. The van der Waals surface area contributed by atoms with Gasteiger partial charge in [0, 0.05) is 30.5 Å². The van der Waals surface area contributed by atoms with E-state index in [-0.39, 0.29) is 0 Å². The summed E-state index contributed by atoms with van der Waals surface area (Å²) in [7, 11) is 0. The van der Waals surface area contributed by atoms with E-state index >= 15 is 0 Å². The number of anilines is 1. The Morgan fingerprint density at radius 1 is 1.25 bits per heavy atom. The van der Waals surface area contributed by atoms with Gasteiger partial charge in [-0.1, -0.05) is 6.07 Å². The predicted octanol–water partition coefficient (Wildman–Crippen LogP) is 2.60. The molecule has 3 heteroatoms. The molecule has 0 unspecified atom stereocenters. The number of benzene rings is 1. The maximum atomic E-state index is 9.85. The summed E-state index contributed by atoms with van der Waals surface area (Å²) in [6, 6.07) is 4.46. The molecule has 0 bridgehead atoms. The number of phenolic OH excluding ortho intramolecular Hbond substituents is 1. The summed E-state index contributed by atoms with van der Waals surface area (Å²) in [6.07, 6.45) is 2.07. The third-order valence-electron chi connectivity index (χ3n) is 3.21. The van der Waals surface area contributed by atoms with Crippen LogP contribution in [0.5, 0.6) is 5.75 Å². The van der Waals surface area contributed by atoms with Crippen LogP contribution in [0, 0.1) is 13.8 Å². The topological polar surface area (TPSA) is 41.5 Å². The monoisotopic (exact) mass is 221 g/mol. The summed E-state index contributed by atoms with van der Waals surface area (Å²) < 4.78 is 5.32. The minimum atomic E-state index is 0.400. The lowest BCUT2D eigenvalue weighted by Gasteiger charge is -2.25. The minimum absolute atomic E-state index is 0.400. The highest BCUT2D eigenvalue weighted by molar-refractivity contribution is 5.59. The highest BCUT2D eigenvalue weighted by Crippen LogP contribution is 2.29. The van der Waals surface area contributed by atoms with Gasteiger partial charge in [0.2, 0.25) is 0 Å². The molecule has 3 nitrogen and oxygen atoms in total. The first-order valence-corrected chi connectivity index (χ1v) is 5.82. The van der Waals surface area contributed by atoms with Gasteiger partial charge in [0.15, 0.2) is 0 Å². The molecule has 1 aliphatic heterocycles. The second-order valence-corrected chi connectivity index (χ2v) is 4.43. The minimum Gasteiger partial charge on any atom is -0.507 e. The van der Waals surface area contributed by atoms with Crippen LogP contribution >= 0.6 is 0 Å². The van der Waals surface area contributed by atoms with E-state index in [1.165, 1.54) is 0 Å². The zero-order valence-electron chi connectivity index (χ0n) is 9.92. The smallest absolute Gasteiger partial charge is 0.123 e. The molecule has 2 rings (SSSR count). The van der Waals surface area contributed by atoms with Crippen molar-refractivity contribution < 1.29 is 9.84 Å². The van der Waals surface area contributed by atoms with Gasteiger partial charge in [-0.2, -0.15) is 0 Å². The van der Waals surface area contributed by atoms with E-state index < -0.39 is 0 Å². The lowest BCUT2D eigenvalue weighted by atomic mass is 10.1. The van der Waals surface area contributed by atoms with E-state index in [2.05, 4.69) is 5.32 Å². The fourth-order valence-corrected chi connectivity index (χ4v) is 2.05. The van der Waals surface area contributed by atoms with Crippen molar-refractivity contribution >= 4 is 5.69 Å². The fraction of sp³-hybridized carbons (Fsp3) is 0.538. The first kappa shape index (κ1) is 11.3. The van der Waals surface area contributed by atoms with Gasteiger partial charge in [-0.3, -0.25) is 0 Å². The van der Waals surface area contributed by atoms with E-state index in [0.717, 1.165) is 42.9 Å². The van der Waals surface area contributed by atoms with Crippen LogP contribution in [0.2, 0.25) is 0 Å². The molecule has 88 valence electrons. The molecule has 1 fully saturated rings. The van der Waals surface area contributed by atoms with E-state index in [0.29, 0.717) is 11.8 Å². The quantitative estimate of drug-likeness (QED) is 0.806. The molecule has 1 heterocycles. The molecular formula is C13H19NO2. The first-order valence-electron chi connectivity index (χ1n) is 5.82. The number of aromatic hydroxyl groups is 1. The summed E-state index contributed by atoms with van der Waals surface area (Å²) in [4.78, 5) is 0. The Hall–Kier alpha value is -1.22. The molecule has 0 aliphatic carbocycles. The van der Waals surface area contributed by atoms with Crippen LogP contribution in [-0.4, -0.2) is 24.4 Å². The van der Waals surface area contributed by atoms with E-state index in [4.69, 9.17) is 4.74 Å². The lowest BCUT2D eigenvalue weighted by Crippen LogP contribution is -2.28.